The second-order valence-electron chi connectivity index (χ2n) is 6.00. The molecule has 0 aromatic heterocycles. The molecule has 0 heterocycles. The van der Waals surface area contributed by atoms with Crippen molar-refractivity contribution in [2.45, 2.75) is 17.9 Å². The molecule has 3 rings (SSSR count). The Labute approximate surface area is 162 Å². The van der Waals surface area contributed by atoms with Crippen LogP contribution in [0, 0.1) is 11.3 Å². The maximum atomic E-state index is 12.2. The number of benzene rings is 3. The molecule has 0 fully saturated rings. The normalized spacial score (nSPS) is 12.1. The fourth-order valence-electron chi connectivity index (χ4n) is 2.49. The zero-order valence-corrected chi connectivity index (χ0v) is 15.7. The lowest BCUT2D eigenvalue weighted by Crippen LogP contribution is -2.47. The molecule has 2 N–H and O–H groups in total. The summed E-state index contributed by atoms with van der Waals surface area (Å²) < 4.78 is 30.0. The Kier molecular flexibility index (Phi) is 5.59. The maximum absolute atomic E-state index is 12.2. The summed E-state index contributed by atoms with van der Waals surface area (Å²) in [6.07, 6.45) is -0.926. The van der Waals surface area contributed by atoms with Crippen LogP contribution in [-0.2, 0) is 14.8 Å². The molecule has 0 spiro atoms. The number of sulfonamides is 1. The Morgan fingerprint density at radius 3 is 2.39 bits per heavy atom. The zero-order chi connectivity index (χ0) is 20.1. The topological polar surface area (TPSA) is 108 Å². The molecule has 1 unspecified atom stereocenters. The number of fused-ring (bicyclic) bond motifs is 1. The number of nitrogens with zero attached hydrogens (tertiary/aromatic N) is 1. The highest BCUT2D eigenvalue weighted by Gasteiger charge is 2.19. The largest absolute Gasteiger partial charge is 0.481 e. The lowest BCUT2D eigenvalue weighted by molar-refractivity contribution is -0.127. The summed E-state index contributed by atoms with van der Waals surface area (Å²) >= 11 is 0. The van der Waals surface area contributed by atoms with E-state index in [9.17, 15) is 13.2 Å². The number of nitriles is 1. The summed E-state index contributed by atoms with van der Waals surface area (Å²) in [7, 11) is -3.96. The predicted octanol–water partition coefficient (Wildman–Crippen LogP) is 2.49. The fraction of sp³-hybridized carbons (Fsp3) is 0.100. The Morgan fingerprint density at radius 1 is 1.04 bits per heavy atom. The van der Waals surface area contributed by atoms with Crippen molar-refractivity contribution in [1.29, 1.82) is 5.26 Å². The first kappa shape index (κ1) is 19.4. The van der Waals surface area contributed by atoms with Gasteiger partial charge in [0.1, 0.15) is 5.75 Å². The van der Waals surface area contributed by atoms with Crippen LogP contribution in [0.15, 0.2) is 71.6 Å². The first-order valence-electron chi connectivity index (χ1n) is 8.36. The van der Waals surface area contributed by atoms with E-state index < -0.39 is 22.0 Å². The lowest BCUT2D eigenvalue weighted by atomic mass is 10.1. The molecule has 28 heavy (non-hydrogen) atoms. The molecule has 0 aliphatic heterocycles. The summed E-state index contributed by atoms with van der Waals surface area (Å²) in [6.45, 7) is 1.51. The van der Waals surface area contributed by atoms with Crippen LogP contribution in [-0.4, -0.2) is 20.4 Å². The van der Waals surface area contributed by atoms with Gasteiger partial charge in [-0.1, -0.05) is 30.3 Å². The van der Waals surface area contributed by atoms with Crippen molar-refractivity contribution in [3.63, 3.8) is 0 Å². The first-order valence-corrected chi connectivity index (χ1v) is 9.85. The third-order valence-electron chi connectivity index (χ3n) is 4.01. The average Bonchev–Trinajstić information content (AvgIpc) is 2.72. The molecule has 0 aliphatic carbocycles. The molecule has 7 nitrogen and oxygen atoms in total. The van der Waals surface area contributed by atoms with E-state index in [0.717, 1.165) is 10.8 Å². The van der Waals surface area contributed by atoms with E-state index in [2.05, 4.69) is 5.43 Å². The molecule has 142 valence electrons. The van der Waals surface area contributed by atoms with E-state index in [4.69, 9.17) is 10.00 Å². The van der Waals surface area contributed by atoms with Crippen molar-refractivity contribution in [3.05, 3.63) is 72.3 Å². The number of carbonyl (C=O) groups excluding carboxylic acids is 1. The summed E-state index contributed by atoms with van der Waals surface area (Å²) in [6, 6.07) is 20.4. The second kappa shape index (κ2) is 8.08. The van der Waals surface area contributed by atoms with E-state index in [-0.39, 0.29) is 4.90 Å². The molecule has 0 radical (unpaired) electrons. The van der Waals surface area contributed by atoms with Crippen LogP contribution in [0.25, 0.3) is 10.8 Å². The van der Waals surface area contributed by atoms with Crippen molar-refractivity contribution in [2.24, 2.45) is 0 Å². The van der Waals surface area contributed by atoms with Gasteiger partial charge >= 0.3 is 0 Å². The minimum absolute atomic E-state index is 0.0742. The monoisotopic (exact) mass is 395 g/mol. The predicted molar refractivity (Wildman–Crippen MR) is 104 cm³/mol. The molecule has 8 heteroatoms. The Hall–Kier alpha value is -3.41. The van der Waals surface area contributed by atoms with Gasteiger partial charge in [-0.15, -0.1) is 4.83 Å². The second-order valence-corrected chi connectivity index (χ2v) is 7.68. The van der Waals surface area contributed by atoms with Crippen molar-refractivity contribution in [1.82, 2.24) is 10.3 Å². The lowest BCUT2D eigenvalue weighted by Gasteiger charge is -2.15. The summed E-state index contributed by atoms with van der Waals surface area (Å²) in [5.41, 5.74) is 2.47. The summed E-state index contributed by atoms with van der Waals surface area (Å²) in [5, 5.41) is 10.8. The number of hydrazine groups is 1. The van der Waals surface area contributed by atoms with Gasteiger partial charge in [0, 0.05) is 0 Å². The number of ether oxygens (including phenoxy) is 1. The van der Waals surface area contributed by atoms with Crippen molar-refractivity contribution < 1.29 is 17.9 Å². The van der Waals surface area contributed by atoms with Gasteiger partial charge in [-0.2, -0.15) is 5.26 Å². The minimum Gasteiger partial charge on any atom is -0.481 e. The van der Waals surface area contributed by atoms with Crippen LogP contribution >= 0.6 is 0 Å². The van der Waals surface area contributed by atoms with Crippen LogP contribution in [0.4, 0.5) is 0 Å². The van der Waals surface area contributed by atoms with E-state index in [1.54, 1.807) is 12.1 Å². The van der Waals surface area contributed by atoms with Gasteiger partial charge < -0.3 is 4.74 Å². The maximum Gasteiger partial charge on any atom is 0.275 e. The van der Waals surface area contributed by atoms with Crippen LogP contribution in [0.3, 0.4) is 0 Å². The number of rotatable bonds is 6. The Bertz CT molecular complexity index is 1150. The summed E-state index contributed by atoms with van der Waals surface area (Å²) in [5.74, 6) is -0.151. The number of nitrogens with one attached hydrogen (secondary N) is 2. The van der Waals surface area contributed by atoms with Crippen LogP contribution in [0.5, 0.6) is 5.75 Å². The van der Waals surface area contributed by atoms with Gasteiger partial charge in [-0.05, 0) is 54.1 Å². The highest BCUT2D eigenvalue weighted by molar-refractivity contribution is 7.89. The fourth-order valence-corrected chi connectivity index (χ4v) is 3.33. The van der Waals surface area contributed by atoms with Gasteiger partial charge in [-0.25, -0.2) is 8.42 Å². The van der Waals surface area contributed by atoms with Crippen molar-refractivity contribution >= 4 is 26.7 Å². The highest BCUT2D eigenvalue weighted by Crippen LogP contribution is 2.21. The van der Waals surface area contributed by atoms with Gasteiger partial charge in [0.25, 0.3) is 15.9 Å². The third kappa shape index (κ3) is 4.46. The van der Waals surface area contributed by atoms with E-state index >= 15 is 0 Å². The average molecular weight is 395 g/mol. The smallest absolute Gasteiger partial charge is 0.275 e. The molecule has 0 saturated carbocycles. The molecule has 0 bridgehead atoms. The van der Waals surface area contributed by atoms with Gasteiger partial charge in [0.05, 0.1) is 16.5 Å². The molecule has 0 aliphatic rings. The van der Waals surface area contributed by atoms with E-state index in [1.807, 2.05) is 41.2 Å². The van der Waals surface area contributed by atoms with Gasteiger partial charge in [0.2, 0.25) is 0 Å². The third-order valence-corrected chi connectivity index (χ3v) is 5.27. The molecule has 0 saturated heterocycles. The molecule has 3 aromatic carbocycles. The number of amides is 1. The molecular formula is C20H17N3O4S. The molecular weight excluding hydrogens is 378 g/mol. The number of hydrogen-bond donors (Lipinski definition) is 2. The van der Waals surface area contributed by atoms with Crippen molar-refractivity contribution in [3.8, 4) is 11.8 Å². The SMILES string of the molecule is CC(Oc1ccc2ccccc2c1)C(=O)NNS(=O)(=O)c1ccc(C#N)cc1. The standard InChI is InChI=1S/C20H17N3O4S/c1-14(27-18-9-8-16-4-2-3-5-17(16)12-18)20(24)22-23-28(25,26)19-10-6-15(13-21)7-11-19/h2-12,14,23H,1H3,(H,22,24). The first-order chi connectivity index (χ1) is 13.4. The number of carbonyl (C=O) groups is 1. The highest BCUT2D eigenvalue weighted by atomic mass is 32.2. The van der Waals surface area contributed by atoms with Crippen LogP contribution in [0.2, 0.25) is 0 Å². The van der Waals surface area contributed by atoms with Gasteiger partial charge in [-0.3, -0.25) is 10.2 Å². The van der Waals surface area contributed by atoms with Crippen LogP contribution < -0.4 is 15.0 Å². The number of hydrogen-bond acceptors (Lipinski definition) is 5. The van der Waals surface area contributed by atoms with E-state index in [1.165, 1.54) is 31.2 Å². The van der Waals surface area contributed by atoms with E-state index in [0.29, 0.717) is 11.3 Å². The van der Waals surface area contributed by atoms with Crippen molar-refractivity contribution in [2.75, 3.05) is 0 Å². The zero-order valence-electron chi connectivity index (χ0n) is 14.9. The summed E-state index contributed by atoms with van der Waals surface area (Å²) in [4.78, 5) is 14.1. The molecule has 3 aromatic rings. The molecule has 1 amide bonds. The van der Waals surface area contributed by atoms with Crippen LogP contribution in [0.1, 0.15) is 12.5 Å². The van der Waals surface area contributed by atoms with Gasteiger partial charge in [0.15, 0.2) is 6.10 Å². The minimum atomic E-state index is -3.96. The molecule has 1 atom stereocenters. The Balaban J connectivity index is 1.62. The quantitative estimate of drug-likeness (QED) is 0.624. The Morgan fingerprint density at radius 2 is 1.71 bits per heavy atom.